The summed E-state index contributed by atoms with van der Waals surface area (Å²) in [5.74, 6) is 5.22. The molecular weight excluding hydrogens is 1340 g/mol. The fourth-order valence-electron chi connectivity index (χ4n) is 15.7. The number of imide groups is 1. The highest BCUT2D eigenvalue weighted by atomic mass is 35.5. The number of hydrogen-bond acceptors (Lipinski definition) is 15. The first-order chi connectivity index (χ1) is 49.5. The number of esters is 3. The van der Waals surface area contributed by atoms with Crippen molar-refractivity contribution < 1.29 is 84.9 Å². The molecule has 1 heterocycles. The van der Waals surface area contributed by atoms with E-state index in [0.29, 0.717) is 119 Å². The van der Waals surface area contributed by atoms with Gasteiger partial charge in [-0.2, -0.15) is 0 Å². The highest BCUT2D eigenvalue weighted by Crippen LogP contribution is 2.45. The van der Waals surface area contributed by atoms with Crippen LogP contribution in [0.15, 0.2) is 173 Å². The van der Waals surface area contributed by atoms with Gasteiger partial charge in [0.1, 0.15) is 19.8 Å². The zero-order valence-corrected chi connectivity index (χ0v) is 62.5. The third-order valence-electron chi connectivity index (χ3n) is 21.6. The highest BCUT2D eigenvalue weighted by Gasteiger charge is 2.42. The van der Waals surface area contributed by atoms with E-state index in [0.717, 1.165) is 77.3 Å². The number of ether oxygens (including phenoxy) is 6. The topological polar surface area (TPSA) is 285 Å². The summed E-state index contributed by atoms with van der Waals surface area (Å²) in [7, 11) is 0. The van der Waals surface area contributed by atoms with Crippen LogP contribution in [0.25, 0.3) is 0 Å². The number of halogens is 1. The number of carbonyl (C=O) groups is 8. The molecule has 18 unspecified atom stereocenters. The molecule has 8 rings (SSSR count). The van der Waals surface area contributed by atoms with Crippen LogP contribution in [-0.2, 0) is 42.8 Å². The Morgan fingerprint density at radius 1 is 0.433 bits per heavy atom. The first-order valence-corrected chi connectivity index (χ1v) is 36.9. The zero-order chi connectivity index (χ0) is 75.1. The lowest BCUT2D eigenvalue weighted by Crippen LogP contribution is -3.00. The number of quaternary nitrogens is 1. The Bertz CT molecular complexity index is 3120. The van der Waals surface area contributed by atoms with Crippen LogP contribution in [0.1, 0.15) is 119 Å². The van der Waals surface area contributed by atoms with Gasteiger partial charge in [0.15, 0.2) is 0 Å². The van der Waals surface area contributed by atoms with Gasteiger partial charge in [0.05, 0.1) is 57.1 Å². The van der Waals surface area contributed by atoms with Crippen molar-refractivity contribution in [1.29, 1.82) is 0 Å². The molecule has 7 aliphatic rings. The normalized spacial score (nSPS) is 28.6. The van der Waals surface area contributed by atoms with Gasteiger partial charge in [-0.05, 0) is 199 Å². The van der Waals surface area contributed by atoms with E-state index in [2.05, 4.69) is 130 Å². The number of amides is 5. The number of hydrogen-bond donors (Lipinski definition) is 5. The van der Waals surface area contributed by atoms with E-state index >= 15 is 0 Å². The molecular formula is C83H117ClN6O14. The lowest BCUT2D eigenvalue weighted by molar-refractivity contribution is -0.380. The van der Waals surface area contributed by atoms with Crippen LogP contribution < -0.4 is 39.8 Å². The second-order valence-corrected chi connectivity index (χ2v) is 29.1. The van der Waals surface area contributed by atoms with Crippen molar-refractivity contribution >= 4 is 48.0 Å². The Kier molecular flexibility index (Phi) is 36.9. The zero-order valence-electron chi connectivity index (χ0n) is 61.8. The Labute approximate surface area is 623 Å². The fourth-order valence-corrected chi connectivity index (χ4v) is 15.7. The Morgan fingerprint density at radius 3 is 1.04 bits per heavy atom. The average molecular weight is 1460 g/mol. The van der Waals surface area contributed by atoms with Crippen LogP contribution in [0.3, 0.4) is 0 Å². The van der Waals surface area contributed by atoms with Gasteiger partial charge < -0.3 is 68.2 Å². The van der Waals surface area contributed by atoms with Crippen LogP contribution in [0.2, 0.25) is 0 Å². The minimum Gasteiger partial charge on any atom is -1.00 e. The molecule has 0 aromatic heterocycles. The highest BCUT2D eigenvalue weighted by molar-refractivity contribution is 6.21. The molecule has 0 bridgehead atoms. The van der Waals surface area contributed by atoms with Crippen molar-refractivity contribution in [3.63, 3.8) is 0 Å². The molecule has 6 saturated carbocycles. The van der Waals surface area contributed by atoms with Crippen LogP contribution >= 0.6 is 0 Å². The van der Waals surface area contributed by atoms with Crippen molar-refractivity contribution in [2.75, 3.05) is 78.9 Å². The van der Waals surface area contributed by atoms with Gasteiger partial charge in [-0.15, -0.1) is 39.5 Å². The maximum absolute atomic E-state index is 13.0. The average Bonchev–Trinajstić information content (AvgIpc) is 1.63. The molecule has 6 fully saturated rings. The maximum atomic E-state index is 13.0. The molecule has 20 nitrogen and oxygen atoms in total. The number of carbonyl (C=O) groups excluding carboxylic acids is 8. The summed E-state index contributed by atoms with van der Waals surface area (Å²) in [6, 6.07) is 7.01. The third-order valence-corrected chi connectivity index (χ3v) is 21.6. The Hall–Kier alpha value is -8.33. The van der Waals surface area contributed by atoms with E-state index in [4.69, 9.17) is 34.2 Å². The van der Waals surface area contributed by atoms with Crippen molar-refractivity contribution in [2.24, 2.45) is 112 Å². The van der Waals surface area contributed by atoms with E-state index in [1.807, 2.05) is 24.3 Å². The summed E-state index contributed by atoms with van der Waals surface area (Å²) in [4.78, 5) is 97.3. The number of fused-ring (bicyclic) bond motifs is 1. The minimum atomic E-state index is -0.546. The molecule has 570 valence electrons. The van der Waals surface area contributed by atoms with Crippen molar-refractivity contribution in [1.82, 2.24) is 20.9 Å². The summed E-state index contributed by atoms with van der Waals surface area (Å²) in [6.45, 7) is 43.0. The van der Waals surface area contributed by atoms with E-state index in [9.17, 15) is 38.4 Å². The van der Waals surface area contributed by atoms with Crippen molar-refractivity contribution in [3.8, 4) is 0 Å². The van der Waals surface area contributed by atoms with Crippen LogP contribution in [0.4, 0.5) is 14.4 Å². The molecule has 1 aromatic carbocycles. The van der Waals surface area contributed by atoms with E-state index < -0.39 is 36.2 Å². The van der Waals surface area contributed by atoms with Gasteiger partial charge in [0.2, 0.25) is 0 Å². The Morgan fingerprint density at radius 2 is 0.731 bits per heavy atom. The lowest BCUT2D eigenvalue weighted by atomic mass is 9.93. The first-order valence-electron chi connectivity index (χ1n) is 36.9. The molecule has 104 heavy (non-hydrogen) atoms. The maximum Gasteiger partial charge on any atom is 0.407 e. The number of nitrogens with two attached hydrogens (primary N) is 1. The predicted octanol–water partition coefficient (Wildman–Crippen LogP) is 9.64. The predicted molar refractivity (Wildman–Crippen MR) is 401 cm³/mol. The van der Waals surface area contributed by atoms with Crippen LogP contribution in [0, 0.1) is 107 Å². The van der Waals surface area contributed by atoms with Crippen molar-refractivity contribution in [3.05, 3.63) is 184 Å². The molecule has 8 N–H and O–H groups in total. The van der Waals surface area contributed by atoms with E-state index in [-0.39, 0.29) is 106 Å². The quantitative estimate of drug-likeness (QED) is 0.0107. The molecule has 0 radical (unpaired) electrons. The SMILES string of the molecule is C=CC1CC(/C=C\C2CC(C=C)C(COC(=O)NCCOC(=O)C(=C)C)C2)C(CN)C1.C=CC1CC(/C=C\C2CC(C=C)C(COC(=O)NCCOC(=O)C(=C)C)C2)C(CN2C(=O)c3ccccc3C2=O)C1.C=CC1CC(/C=C\C2CC(C=C)C(COC(=O)NCCOC(=O)C(=C)C)C2)C(C[NH3+])C1.[Cl-]. The fraction of sp³-hybridized carbons (Fsp3) is 0.542. The number of nitrogens with zero attached hydrogens (tertiary/aromatic N) is 1. The smallest absolute Gasteiger partial charge is 0.407 e. The van der Waals surface area contributed by atoms with Gasteiger partial charge in [-0.3, -0.25) is 14.5 Å². The number of allylic oxidation sites excluding steroid dienone is 12. The van der Waals surface area contributed by atoms with Gasteiger partial charge in [-0.1, -0.05) is 105 Å². The minimum absolute atomic E-state index is 0. The second kappa shape index (κ2) is 44.5. The molecule has 6 aliphatic carbocycles. The molecule has 18 atom stereocenters. The number of alkyl carbamates (subject to hydrolysis) is 3. The summed E-state index contributed by atoms with van der Waals surface area (Å²) >= 11 is 0. The van der Waals surface area contributed by atoms with Crippen LogP contribution in [-0.4, -0.2) is 132 Å². The van der Waals surface area contributed by atoms with E-state index in [1.54, 1.807) is 45.0 Å². The second-order valence-electron chi connectivity index (χ2n) is 29.1. The molecule has 1 aliphatic heterocycles. The largest absolute Gasteiger partial charge is 1.00 e. The first kappa shape index (κ1) is 86.3. The summed E-state index contributed by atoms with van der Waals surface area (Å²) in [6.07, 6.45) is 36.8. The number of benzene rings is 1. The monoisotopic (exact) mass is 1460 g/mol. The standard InChI is InChI=1S/C33H40N2O6.2C25H38N2O4.ClH/c1-5-22-15-25(26(16-22)19-35-30(36)28-9-7-8-10-29(28)31(35)37)12-11-23-17-24(6-2)27(18-23)20-41-33(39)34-13-14-40-32(38)21(3)4;2*1-5-18-11-21(22(12-18)15-26)8-7-19-13-20(6-2)23(14-19)16-31-25(29)27-9-10-30-24(28)17(3)4;/h5-12,22-27H,1-3,13-20H2,4H3,(H,34,39);2*5-8,18-23H,1-3,9-16,26H2,4H3,(H,27,29);1H/b12-11-;2*8-7-;. The number of nitrogens with one attached hydrogen (secondary N) is 3. The number of rotatable bonds is 34. The molecule has 1 aromatic rings. The molecule has 0 saturated heterocycles. The van der Waals surface area contributed by atoms with Gasteiger partial charge in [0, 0.05) is 46.9 Å². The summed E-state index contributed by atoms with van der Waals surface area (Å²) in [5.41, 5.74) is 12.0. The molecule has 5 amide bonds. The third kappa shape index (κ3) is 26.7. The van der Waals surface area contributed by atoms with Gasteiger partial charge >= 0.3 is 36.2 Å². The molecule has 0 spiro atoms. The van der Waals surface area contributed by atoms with Crippen LogP contribution in [0.5, 0.6) is 0 Å². The van der Waals surface area contributed by atoms with Crippen molar-refractivity contribution in [2.45, 2.75) is 97.8 Å². The lowest BCUT2D eigenvalue weighted by Gasteiger charge is -2.22. The summed E-state index contributed by atoms with van der Waals surface area (Å²) < 4.78 is 31.1. The van der Waals surface area contributed by atoms with Gasteiger partial charge in [-0.25, -0.2) is 28.8 Å². The molecule has 21 heteroatoms. The Balaban J connectivity index is 0.000000284. The van der Waals surface area contributed by atoms with E-state index in [1.165, 1.54) is 17.7 Å². The van der Waals surface area contributed by atoms with Gasteiger partial charge in [0.25, 0.3) is 11.8 Å². The summed E-state index contributed by atoms with van der Waals surface area (Å²) in [5, 5.41) is 7.80.